The third-order valence-corrected chi connectivity index (χ3v) is 4.58. The second-order valence-corrected chi connectivity index (χ2v) is 6.55. The van der Waals surface area contributed by atoms with E-state index in [1.165, 1.54) is 4.31 Å². The van der Waals surface area contributed by atoms with Crippen LogP contribution in [0.25, 0.3) is 0 Å². The number of hydrogen-bond acceptors (Lipinski definition) is 2. The van der Waals surface area contributed by atoms with Crippen LogP contribution in [0.5, 0.6) is 0 Å². The summed E-state index contributed by atoms with van der Waals surface area (Å²) in [6, 6.07) is 26.9. The zero-order chi connectivity index (χ0) is 16.8. The lowest BCUT2D eigenvalue weighted by molar-refractivity contribution is 0.606. The van der Waals surface area contributed by atoms with Gasteiger partial charge in [-0.25, -0.2) is 4.31 Å². The lowest BCUT2D eigenvalue weighted by atomic mass is 10.2. The first-order valence-electron chi connectivity index (χ1n) is 7.40. The molecule has 0 N–H and O–H groups in total. The highest BCUT2D eigenvalue weighted by Crippen LogP contribution is 2.28. The third kappa shape index (κ3) is 3.65. The number of benzene rings is 3. The molecule has 0 fully saturated rings. The molecule has 0 unspecified atom stereocenters. The molecule has 4 heteroatoms. The fraction of sp³-hybridized carbons (Fsp3) is 0. The Bertz CT molecular complexity index is 918. The molecule has 0 saturated heterocycles. The Labute approximate surface area is 142 Å². The molecule has 118 valence electrons. The van der Waals surface area contributed by atoms with Gasteiger partial charge in [-0.3, -0.25) is 0 Å². The number of para-hydroxylation sites is 2. The zero-order valence-electron chi connectivity index (χ0n) is 12.8. The minimum atomic E-state index is -3.85. The van der Waals surface area contributed by atoms with Crippen LogP contribution in [0.4, 0.5) is 11.4 Å². The van der Waals surface area contributed by atoms with Crippen molar-refractivity contribution in [3.8, 4) is 11.2 Å². The van der Waals surface area contributed by atoms with E-state index in [2.05, 4.69) is 11.2 Å². The van der Waals surface area contributed by atoms with Crippen LogP contribution in [-0.4, -0.2) is 8.42 Å². The van der Waals surface area contributed by atoms with E-state index in [-0.39, 0.29) is 0 Å². The monoisotopic (exact) mass is 333 g/mol. The van der Waals surface area contributed by atoms with Gasteiger partial charge in [-0.1, -0.05) is 54.6 Å². The van der Waals surface area contributed by atoms with Gasteiger partial charge in [0.1, 0.15) is 0 Å². The molecule has 0 amide bonds. The molecule has 0 atom stereocenters. The van der Waals surface area contributed by atoms with Gasteiger partial charge in [-0.05, 0) is 42.3 Å². The highest BCUT2D eigenvalue weighted by atomic mass is 32.2. The van der Waals surface area contributed by atoms with E-state index in [0.29, 0.717) is 16.9 Å². The summed E-state index contributed by atoms with van der Waals surface area (Å²) in [6.07, 6.45) is 0. The summed E-state index contributed by atoms with van der Waals surface area (Å²) in [5, 5.41) is 2.42. The molecule has 0 radical (unpaired) electrons. The summed E-state index contributed by atoms with van der Waals surface area (Å²) in [6.45, 7) is 0. The Morgan fingerprint density at radius 1 is 0.625 bits per heavy atom. The highest BCUT2D eigenvalue weighted by Gasteiger charge is 2.22. The first-order chi connectivity index (χ1) is 11.7. The Hall–Kier alpha value is -3.03. The van der Waals surface area contributed by atoms with Crippen molar-refractivity contribution >= 4 is 21.4 Å². The van der Waals surface area contributed by atoms with Crippen molar-refractivity contribution in [2.24, 2.45) is 0 Å². The number of nitrogens with zero attached hydrogens (tertiary/aromatic N) is 1. The number of rotatable bonds is 3. The number of sulfonamides is 1. The van der Waals surface area contributed by atoms with Crippen molar-refractivity contribution in [1.82, 2.24) is 0 Å². The molecule has 0 saturated carbocycles. The van der Waals surface area contributed by atoms with Crippen LogP contribution >= 0.6 is 0 Å². The van der Waals surface area contributed by atoms with Crippen LogP contribution in [0.15, 0.2) is 91.0 Å². The maximum atomic E-state index is 12.9. The summed E-state index contributed by atoms with van der Waals surface area (Å²) in [5.74, 6) is 2.73. The summed E-state index contributed by atoms with van der Waals surface area (Å²) in [7, 11) is -3.85. The Kier molecular flexibility index (Phi) is 4.64. The quantitative estimate of drug-likeness (QED) is 0.675. The van der Waals surface area contributed by atoms with Gasteiger partial charge in [-0.15, -0.1) is 0 Å². The molecule has 3 nitrogen and oxygen atoms in total. The first kappa shape index (κ1) is 15.9. The van der Waals surface area contributed by atoms with Crippen molar-refractivity contribution < 1.29 is 8.42 Å². The summed E-state index contributed by atoms with van der Waals surface area (Å²) in [5.41, 5.74) is 1.75. The van der Waals surface area contributed by atoms with Gasteiger partial charge in [0.15, 0.2) is 0 Å². The first-order valence-corrected chi connectivity index (χ1v) is 8.84. The number of hydrogen-bond donors (Lipinski definition) is 0. The normalized spacial score (nSPS) is 10.5. The molecule has 3 aromatic rings. The van der Waals surface area contributed by atoms with Crippen molar-refractivity contribution in [3.63, 3.8) is 0 Å². The second-order valence-electron chi connectivity index (χ2n) is 5.03. The number of anilines is 2. The van der Waals surface area contributed by atoms with Crippen LogP contribution < -0.4 is 4.31 Å². The van der Waals surface area contributed by atoms with E-state index < -0.39 is 10.0 Å². The molecule has 0 heterocycles. The van der Waals surface area contributed by atoms with Crippen molar-refractivity contribution in [3.05, 3.63) is 96.6 Å². The largest absolute Gasteiger partial charge is 0.309 e. The van der Waals surface area contributed by atoms with Gasteiger partial charge in [0.25, 0.3) is 0 Å². The van der Waals surface area contributed by atoms with Crippen LogP contribution in [0.1, 0.15) is 5.56 Å². The van der Waals surface area contributed by atoms with Crippen molar-refractivity contribution in [2.75, 3.05) is 4.31 Å². The van der Waals surface area contributed by atoms with Gasteiger partial charge in [0, 0.05) is 5.56 Å². The molecule has 0 aliphatic heterocycles. The molecule has 3 aromatic carbocycles. The molecular weight excluding hydrogens is 318 g/mol. The lowest BCUT2D eigenvalue weighted by Crippen LogP contribution is -2.24. The predicted octanol–water partition coefficient (Wildman–Crippen LogP) is 4.16. The average molecular weight is 333 g/mol. The summed E-state index contributed by atoms with van der Waals surface area (Å²) >= 11 is 0. The lowest BCUT2D eigenvalue weighted by Gasteiger charge is -2.21. The molecule has 0 spiro atoms. The van der Waals surface area contributed by atoms with E-state index in [9.17, 15) is 8.42 Å². The molecule has 0 aliphatic rings. The third-order valence-electron chi connectivity index (χ3n) is 3.32. The minimum Gasteiger partial charge on any atom is -0.228 e. The molecule has 24 heavy (non-hydrogen) atoms. The Morgan fingerprint density at radius 3 is 1.50 bits per heavy atom. The van der Waals surface area contributed by atoms with E-state index in [1.807, 2.05) is 30.3 Å². The van der Waals surface area contributed by atoms with E-state index in [4.69, 9.17) is 0 Å². The standard InChI is InChI=1S/C20H15NO2S/c22-24(23,17-16-18-10-4-1-5-11-18)21(19-12-6-2-7-13-19)20-14-8-3-9-15-20/h1-15H. The van der Waals surface area contributed by atoms with Gasteiger partial charge >= 0.3 is 10.0 Å². The van der Waals surface area contributed by atoms with Gasteiger partial charge < -0.3 is 0 Å². The van der Waals surface area contributed by atoms with Crippen LogP contribution in [0, 0.1) is 11.2 Å². The van der Waals surface area contributed by atoms with Gasteiger partial charge in [0.05, 0.1) is 16.6 Å². The van der Waals surface area contributed by atoms with E-state index in [0.717, 1.165) is 0 Å². The van der Waals surface area contributed by atoms with Gasteiger partial charge in [-0.2, -0.15) is 8.42 Å². The smallest absolute Gasteiger partial charge is 0.228 e. The maximum absolute atomic E-state index is 12.9. The predicted molar refractivity (Wildman–Crippen MR) is 97.3 cm³/mol. The zero-order valence-corrected chi connectivity index (χ0v) is 13.6. The summed E-state index contributed by atoms with van der Waals surface area (Å²) < 4.78 is 27.0. The van der Waals surface area contributed by atoms with Crippen LogP contribution in [-0.2, 0) is 10.0 Å². The molecule has 0 bridgehead atoms. The second kappa shape index (κ2) is 7.03. The topological polar surface area (TPSA) is 37.4 Å². The fourth-order valence-corrected chi connectivity index (χ4v) is 3.38. The molecule has 3 rings (SSSR count). The molecular formula is C20H15NO2S. The van der Waals surface area contributed by atoms with Crippen LogP contribution in [0.3, 0.4) is 0 Å². The fourth-order valence-electron chi connectivity index (χ4n) is 2.24. The Morgan fingerprint density at radius 2 is 1.04 bits per heavy atom. The summed E-state index contributed by atoms with van der Waals surface area (Å²) in [4.78, 5) is 0. The maximum Gasteiger partial charge on any atom is 0.309 e. The molecule has 0 aliphatic carbocycles. The SMILES string of the molecule is O=S(=O)(C#Cc1ccccc1)N(c1ccccc1)c1ccccc1. The highest BCUT2D eigenvalue weighted by molar-refractivity contribution is 7.97. The van der Waals surface area contributed by atoms with Crippen molar-refractivity contribution in [1.29, 1.82) is 0 Å². The van der Waals surface area contributed by atoms with E-state index in [1.54, 1.807) is 60.7 Å². The average Bonchev–Trinajstić information content (AvgIpc) is 2.63. The van der Waals surface area contributed by atoms with E-state index >= 15 is 0 Å². The Balaban J connectivity index is 2.07. The van der Waals surface area contributed by atoms with Crippen LogP contribution in [0.2, 0.25) is 0 Å². The molecule has 0 aromatic heterocycles. The minimum absolute atomic E-state index is 0.547. The van der Waals surface area contributed by atoms with Crippen molar-refractivity contribution in [2.45, 2.75) is 0 Å². The van der Waals surface area contributed by atoms with Gasteiger partial charge in [0.2, 0.25) is 0 Å².